The Bertz CT molecular complexity index is 162. The summed E-state index contributed by atoms with van der Waals surface area (Å²) in [5.41, 5.74) is 0. The number of aliphatic carboxylic acids is 1. The fourth-order valence-corrected chi connectivity index (χ4v) is 0.557. The molecule has 0 aromatic heterocycles. The molecule has 0 heterocycles. The van der Waals surface area contributed by atoms with Crippen molar-refractivity contribution in [2.45, 2.75) is 18.9 Å². The SMILES string of the molecule is O=C(O)C(Cl)=NC1CC1. The molecule has 0 aromatic rings. The molecule has 0 bridgehead atoms. The van der Waals surface area contributed by atoms with Crippen LogP contribution in [0.25, 0.3) is 0 Å². The van der Waals surface area contributed by atoms with Crippen molar-refractivity contribution >= 4 is 22.7 Å². The van der Waals surface area contributed by atoms with E-state index < -0.39 is 5.97 Å². The van der Waals surface area contributed by atoms with Crippen LogP contribution in [0.15, 0.2) is 4.99 Å². The molecule has 9 heavy (non-hydrogen) atoms. The lowest BCUT2D eigenvalue weighted by Crippen LogP contribution is -2.05. The average Bonchev–Trinajstić information content (AvgIpc) is 2.50. The summed E-state index contributed by atoms with van der Waals surface area (Å²) < 4.78 is 0. The number of nitrogens with zero attached hydrogens (tertiary/aromatic N) is 1. The summed E-state index contributed by atoms with van der Waals surface area (Å²) in [6.45, 7) is 0. The molecule has 0 unspecified atom stereocenters. The van der Waals surface area contributed by atoms with E-state index in [0.717, 1.165) is 12.8 Å². The van der Waals surface area contributed by atoms with Gasteiger partial charge in [0, 0.05) is 0 Å². The minimum Gasteiger partial charge on any atom is -0.476 e. The predicted molar refractivity (Wildman–Crippen MR) is 33.9 cm³/mol. The van der Waals surface area contributed by atoms with E-state index in [1.54, 1.807) is 0 Å². The zero-order chi connectivity index (χ0) is 6.85. The first-order chi connectivity index (χ1) is 4.20. The zero-order valence-corrected chi connectivity index (χ0v) is 5.43. The fourth-order valence-electron chi connectivity index (χ4n) is 0.419. The molecule has 0 spiro atoms. The van der Waals surface area contributed by atoms with E-state index in [-0.39, 0.29) is 11.2 Å². The van der Waals surface area contributed by atoms with Crippen LogP contribution >= 0.6 is 11.6 Å². The monoisotopic (exact) mass is 147 g/mol. The van der Waals surface area contributed by atoms with E-state index in [1.807, 2.05) is 0 Å². The molecule has 0 aromatic carbocycles. The molecule has 0 aliphatic heterocycles. The van der Waals surface area contributed by atoms with Crippen LogP contribution in [-0.2, 0) is 4.79 Å². The van der Waals surface area contributed by atoms with Crippen LogP contribution in [0, 0.1) is 0 Å². The molecule has 1 rings (SSSR count). The van der Waals surface area contributed by atoms with Gasteiger partial charge in [0.25, 0.3) is 0 Å². The third kappa shape index (κ3) is 2.01. The van der Waals surface area contributed by atoms with Gasteiger partial charge < -0.3 is 5.11 Å². The summed E-state index contributed by atoms with van der Waals surface area (Å²) in [5, 5.41) is 7.90. The first kappa shape index (κ1) is 6.55. The minimum atomic E-state index is -1.14. The molecule has 1 fully saturated rings. The van der Waals surface area contributed by atoms with Gasteiger partial charge in [-0.1, -0.05) is 11.6 Å². The second kappa shape index (κ2) is 2.35. The Morgan fingerprint density at radius 2 is 2.22 bits per heavy atom. The van der Waals surface area contributed by atoms with Crippen molar-refractivity contribution in [2.75, 3.05) is 0 Å². The van der Waals surface area contributed by atoms with Crippen molar-refractivity contribution in [2.24, 2.45) is 4.99 Å². The lowest BCUT2D eigenvalue weighted by molar-refractivity contribution is -0.129. The Kier molecular flexibility index (Phi) is 1.71. The van der Waals surface area contributed by atoms with Crippen LogP contribution in [0.2, 0.25) is 0 Å². The standard InChI is InChI=1S/C5H6ClNO2/c6-4(5(8)9)7-3-1-2-3/h3H,1-2H2,(H,8,9). The largest absolute Gasteiger partial charge is 0.476 e. The van der Waals surface area contributed by atoms with Crippen LogP contribution in [0.4, 0.5) is 0 Å². The van der Waals surface area contributed by atoms with Crippen molar-refractivity contribution in [1.82, 2.24) is 0 Å². The van der Waals surface area contributed by atoms with Gasteiger partial charge in [-0.25, -0.2) is 4.79 Å². The van der Waals surface area contributed by atoms with Gasteiger partial charge in [-0.2, -0.15) is 0 Å². The molecular weight excluding hydrogens is 142 g/mol. The smallest absolute Gasteiger partial charge is 0.365 e. The zero-order valence-electron chi connectivity index (χ0n) is 4.67. The minimum absolute atomic E-state index is 0.189. The Hall–Kier alpha value is -0.570. The average molecular weight is 148 g/mol. The second-order valence-corrected chi connectivity index (χ2v) is 2.31. The Morgan fingerprint density at radius 1 is 1.67 bits per heavy atom. The van der Waals surface area contributed by atoms with Crippen molar-refractivity contribution < 1.29 is 9.90 Å². The van der Waals surface area contributed by atoms with Gasteiger partial charge in [0.1, 0.15) is 0 Å². The third-order valence-corrected chi connectivity index (χ3v) is 1.28. The molecule has 0 atom stereocenters. The van der Waals surface area contributed by atoms with E-state index in [9.17, 15) is 4.79 Å². The molecule has 1 N–H and O–H groups in total. The molecule has 0 saturated heterocycles. The molecule has 1 aliphatic rings. The highest BCUT2D eigenvalue weighted by Crippen LogP contribution is 2.23. The number of aliphatic imine (C=N–C) groups is 1. The van der Waals surface area contributed by atoms with Crippen molar-refractivity contribution in [3.63, 3.8) is 0 Å². The highest BCUT2D eigenvalue weighted by molar-refractivity contribution is 6.81. The fraction of sp³-hybridized carbons (Fsp3) is 0.600. The number of carbonyl (C=O) groups is 1. The molecule has 50 valence electrons. The van der Waals surface area contributed by atoms with E-state index in [4.69, 9.17) is 16.7 Å². The topological polar surface area (TPSA) is 49.7 Å². The predicted octanol–water partition coefficient (Wildman–Crippen LogP) is 0.871. The molecule has 1 saturated carbocycles. The second-order valence-electron chi connectivity index (χ2n) is 1.96. The Balaban J connectivity index is 2.46. The maximum absolute atomic E-state index is 10.00. The number of carboxylic acid groups (broad SMARTS) is 1. The lowest BCUT2D eigenvalue weighted by Gasteiger charge is -1.85. The number of hydrogen-bond acceptors (Lipinski definition) is 2. The maximum atomic E-state index is 10.00. The van der Waals surface area contributed by atoms with Gasteiger partial charge in [-0.3, -0.25) is 4.99 Å². The molecule has 1 aliphatic carbocycles. The molecular formula is C5H6ClNO2. The highest BCUT2D eigenvalue weighted by atomic mass is 35.5. The van der Waals surface area contributed by atoms with E-state index >= 15 is 0 Å². The van der Waals surface area contributed by atoms with Crippen molar-refractivity contribution in [1.29, 1.82) is 0 Å². The van der Waals surface area contributed by atoms with Crippen molar-refractivity contribution in [3.05, 3.63) is 0 Å². The summed E-state index contributed by atoms with van der Waals surface area (Å²) in [7, 11) is 0. The quantitative estimate of drug-likeness (QED) is 0.590. The Morgan fingerprint density at radius 3 is 2.56 bits per heavy atom. The van der Waals surface area contributed by atoms with E-state index in [1.165, 1.54) is 0 Å². The molecule has 4 heteroatoms. The van der Waals surface area contributed by atoms with Gasteiger partial charge in [0.15, 0.2) is 0 Å². The summed E-state index contributed by atoms with van der Waals surface area (Å²) in [5.74, 6) is -1.14. The number of carboxylic acids is 1. The molecule has 0 amide bonds. The first-order valence-electron chi connectivity index (χ1n) is 2.67. The summed E-state index contributed by atoms with van der Waals surface area (Å²) in [6, 6.07) is 0.189. The van der Waals surface area contributed by atoms with E-state index in [0.29, 0.717) is 0 Å². The molecule has 3 nitrogen and oxygen atoms in total. The first-order valence-corrected chi connectivity index (χ1v) is 3.04. The Labute approximate surface area is 57.3 Å². The lowest BCUT2D eigenvalue weighted by atomic mass is 10.7. The van der Waals surface area contributed by atoms with Crippen molar-refractivity contribution in [3.8, 4) is 0 Å². The third-order valence-electron chi connectivity index (χ3n) is 1.02. The van der Waals surface area contributed by atoms with Crippen LogP contribution in [-0.4, -0.2) is 22.3 Å². The van der Waals surface area contributed by atoms with Gasteiger partial charge >= 0.3 is 5.97 Å². The van der Waals surface area contributed by atoms with Gasteiger partial charge in [-0.05, 0) is 12.8 Å². The van der Waals surface area contributed by atoms with E-state index in [2.05, 4.69) is 4.99 Å². The van der Waals surface area contributed by atoms with Crippen LogP contribution in [0.1, 0.15) is 12.8 Å². The van der Waals surface area contributed by atoms with Gasteiger partial charge in [0.2, 0.25) is 5.17 Å². The highest BCUT2D eigenvalue weighted by Gasteiger charge is 2.22. The van der Waals surface area contributed by atoms with Crippen LogP contribution in [0.3, 0.4) is 0 Å². The normalized spacial score (nSPS) is 19.9. The van der Waals surface area contributed by atoms with Gasteiger partial charge in [-0.15, -0.1) is 0 Å². The summed E-state index contributed by atoms with van der Waals surface area (Å²) >= 11 is 5.20. The number of hydrogen-bond donors (Lipinski definition) is 1. The maximum Gasteiger partial charge on any atom is 0.365 e. The summed E-state index contributed by atoms with van der Waals surface area (Å²) in [4.78, 5) is 13.7. The molecule has 0 radical (unpaired) electrons. The van der Waals surface area contributed by atoms with Gasteiger partial charge in [0.05, 0.1) is 6.04 Å². The number of rotatable bonds is 2. The summed E-state index contributed by atoms with van der Waals surface area (Å²) in [6.07, 6.45) is 1.95. The van der Waals surface area contributed by atoms with Crippen LogP contribution in [0.5, 0.6) is 0 Å². The number of halogens is 1. The van der Waals surface area contributed by atoms with Crippen LogP contribution < -0.4 is 0 Å².